The second kappa shape index (κ2) is 5.80. The number of benzene rings is 2. The maximum Gasteiger partial charge on any atom is 0.272 e. The minimum Gasteiger partial charge on any atom is -0.365 e. The van der Waals surface area contributed by atoms with Gasteiger partial charge in [-0.05, 0) is 11.1 Å². The minimum atomic E-state index is -0.194. The molecule has 0 saturated carbocycles. The van der Waals surface area contributed by atoms with E-state index in [2.05, 4.69) is 48.5 Å². The van der Waals surface area contributed by atoms with Gasteiger partial charge in [0.25, 0.3) is 5.91 Å². The predicted octanol–water partition coefficient (Wildman–Crippen LogP) is -0.975. The highest BCUT2D eigenvalue weighted by molar-refractivity contribution is 5.77. The number of quaternary nitrogens is 2. The molecule has 1 aliphatic heterocycles. The average Bonchev–Trinajstić information content (AvgIpc) is 2.90. The Bertz CT molecular complexity index is 689. The van der Waals surface area contributed by atoms with E-state index in [-0.39, 0.29) is 5.91 Å². The van der Waals surface area contributed by atoms with Gasteiger partial charge in [-0.25, -0.2) is 0 Å². The van der Waals surface area contributed by atoms with Gasteiger partial charge < -0.3 is 15.5 Å². The van der Waals surface area contributed by atoms with Gasteiger partial charge in [-0.1, -0.05) is 48.5 Å². The second-order valence-electron chi connectivity index (χ2n) is 6.66. The van der Waals surface area contributed by atoms with Gasteiger partial charge in [-0.2, -0.15) is 0 Å². The topological polar surface area (TPSA) is 52.0 Å². The van der Waals surface area contributed by atoms with Crippen molar-refractivity contribution in [2.24, 2.45) is 5.73 Å². The Morgan fingerprint density at radius 3 is 1.96 bits per heavy atom. The molecule has 4 heteroatoms. The first-order valence-corrected chi connectivity index (χ1v) is 8.38. The molecule has 0 bridgehead atoms. The van der Waals surface area contributed by atoms with E-state index >= 15 is 0 Å². The molecular formula is C19H23N3O+2. The van der Waals surface area contributed by atoms with Crippen LogP contribution < -0.4 is 15.5 Å². The van der Waals surface area contributed by atoms with Gasteiger partial charge in [0.15, 0.2) is 6.54 Å². The molecule has 118 valence electrons. The van der Waals surface area contributed by atoms with Gasteiger partial charge in [0.1, 0.15) is 32.2 Å². The predicted molar refractivity (Wildman–Crippen MR) is 89.2 cm³/mol. The number of hydrogen-bond acceptors (Lipinski definition) is 1. The highest BCUT2D eigenvalue weighted by Gasteiger charge is 2.38. The van der Waals surface area contributed by atoms with Crippen molar-refractivity contribution in [2.75, 3.05) is 32.7 Å². The number of hydrogen-bond donors (Lipinski definition) is 3. The normalized spacial score (nSPS) is 23.3. The molecule has 1 heterocycles. The second-order valence-corrected chi connectivity index (χ2v) is 6.66. The summed E-state index contributed by atoms with van der Waals surface area (Å²) >= 11 is 0. The highest BCUT2D eigenvalue weighted by Crippen LogP contribution is 2.41. The molecule has 0 unspecified atom stereocenters. The number of nitrogens with two attached hydrogens (primary N) is 1. The molecule has 23 heavy (non-hydrogen) atoms. The van der Waals surface area contributed by atoms with Crippen molar-refractivity contribution < 1.29 is 14.6 Å². The van der Waals surface area contributed by atoms with Crippen LogP contribution in [0.15, 0.2) is 48.5 Å². The maximum atomic E-state index is 11.1. The smallest absolute Gasteiger partial charge is 0.272 e. The Morgan fingerprint density at radius 2 is 1.43 bits per heavy atom. The molecule has 0 spiro atoms. The summed E-state index contributed by atoms with van der Waals surface area (Å²) in [6.45, 7) is 4.65. The summed E-state index contributed by atoms with van der Waals surface area (Å²) in [7, 11) is 0. The van der Waals surface area contributed by atoms with Crippen LogP contribution in [-0.4, -0.2) is 38.6 Å². The third-order valence-corrected chi connectivity index (χ3v) is 5.27. The lowest BCUT2D eigenvalue weighted by Crippen LogP contribution is -3.28. The van der Waals surface area contributed by atoms with Gasteiger partial charge in [-0.3, -0.25) is 4.79 Å². The van der Waals surface area contributed by atoms with Crippen LogP contribution in [0, 0.1) is 0 Å². The van der Waals surface area contributed by atoms with Gasteiger partial charge in [0.05, 0.1) is 0 Å². The first-order valence-electron chi connectivity index (χ1n) is 8.38. The maximum absolute atomic E-state index is 11.1. The fraction of sp³-hybridized carbons (Fsp3) is 0.316. The van der Waals surface area contributed by atoms with E-state index in [9.17, 15) is 4.79 Å². The molecular weight excluding hydrogens is 286 g/mol. The lowest BCUT2D eigenvalue weighted by Gasteiger charge is -2.33. The monoisotopic (exact) mass is 309 g/mol. The summed E-state index contributed by atoms with van der Waals surface area (Å²) in [5.41, 5.74) is 11.0. The number of fused-ring (bicyclic) bond motifs is 3. The Kier molecular flexibility index (Phi) is 3.63. The number of carbonyl (C=O) groups is 1. The van der Waals surface area contributed by atoms with E-state index < -0.39 is 0 Å². The summed E-state index contributed by atoms with van der Waals surface area (Å²) in [6.07, 6.45) is 0. The first-order chi connectivity index (χ1) is 11.2. The zero-order chi connectivity index (χ0) is 15.8. The quantitative estimate of drug-likeness (QED) is 0.671. The summed E-state index contributed by atoms with van der Waals surface area (Å²) in [6, 6.07) is 18.0. The molecule has 1 amide bonds. The number of nitrogens with one attached hydrogen (secondary N) is 2. The van der Waals surface area contributed by atoms with Crippen LogP contribution in [0.2, 0.25) is 0 Å². The van der Waals surface area contributed by atoms with Crippen molar-refractivity contribution in [1.82, 2.24) is 0 Å². The fourth-order valence-corrected chi connectivity index (χ4v) is 4.23. The molecule has 2 aliphatic rings. The number of amides is 1. The van der Waals surface area contributed by atoms with Gasteiger partial charge in [-0.15, -0.1) is 0 Å². The zero-order valence-corrected chi connectivity index (χ0v) is 13.2. The highest BCUT2D eigenvalue weighted by atomic mass is 16.1. The summed E-state index contributed by atoms with van der Waals surface area (Å²) in [4.78, 5) is 14.1. The first kappa shape index (κ1) is 14.4. The van der Waals surface area contributed by atoms with Crippen LogP contribution in [0.4, 0.5) is 0 Å². The largest absolute Gasteiger partial charge is 0.365 e. The molecule has 4 N–H and O–H groups in total. The van der Waals surface area contributed by atoms with Crippen LogP contribution in [0.5, 0.6) is 0 Å². The summed E-state index contributed by atoms with van der Waals surface area (Å²) in [5.74, 6) is -0.194. The van der Waals surface area contributed by atoms with Crippen molar-refractivity contribution in [1.29, 1.82) is 0 Å². The van der Waals surface area contributed by atoms with E-state index in [1.165, 1.54) is 27.2 Å². The number of carbonyl (C=O) groups excluding carboxylic acids is 1. The molecule has 1 fully saturated rings. The van der Waals surface area contributed by atoms with Crippen molar-refractivity contribution >= 4 is 5.91 Å². The molecule has 4 rings (SSSR count). The lowest BCUT2D eigenvalue weighted by atomic mass is 10.0. The van der Waals surface area contributed by atoms with E-state index in [0.717, 1.165) is 26.2 Å². The number of primary amides is 1. The molecule has 2 aromatic rings. The third-order valence-electron chi connectivity index (χ3n) is 5.27. The molecule has 1 saturated heterocycles. The van der Waals surface area contributed by atoms with Crippen LogP contribution in [0.3, 0.4) is 0 Å². The Labute approximate surface area is 136 Å². The molecule has 0 radical (unpaired) electrons. The van der Waals surface area contributed by atoms with E-state index in [1.54, 1.807) is 4.90 Å². The van der Waals surface area contributed by atoms with Crippen LogP contribution in [0.1, 0.15) is 17.2 Å². The molecule has 2 aromatic carbocycles. The van der Waals surface area contributed by atoms with Crippen LogP contribution >= 0.6 is 0 Å². The Balaban J connectivity index is 1.61. The van der Waals surface area contributed by atoms with Crippen LogP contribution in [-0.2, 0) is 4.79 Å². The van der Waals surface area contributed by atoms with E-state index in [0.29, 0.717) is 12.6 Å². The molecule has 0 atom stereocenters. The number of piperazine rings is 1. The standard InChI is InChI=1S/C19H21N3O/c20-18(23)13-21-9-11-22(12-10-21)19-16-7-3-1-5-14(16)15-6-2-4-8-17(15)19/h1-8,19H,9-13H2,(H2,20,23)/p+2. The molecule has 4 nitrogen and oxygen atoms in total. The Hall–Kier alpha value is -2.17. The molecule has 1 aliphatic carbocycles. The van der Waals surface area contributed by atoms with Gasteiger partial charge in [0, 0.05) is 11.1 Å². The summed E-state index contributed by atoms with van der Waals surface area (Å²) in [5, 5.41) is 0. The van der Waals surface area contributed by atoms with Crippen molar-refractivity contribution in [3.05, 3.63) is 59.7 Å². The van der Waals surface area contributed by atoms with Crippen molar-refractivity contribution in [3.8, 4) is 11.1 Å². The van der Waals surface area contributed by atoms with Crippen molar-refractivity contribution in [2.45, 2.75) is 6.04 Å². The Morgan fingerprint density at radius 1 is 0.913 bits per heavy atom. The molecule has 0 aromatic heterocycles. The minimum absolute atomic E-state index is 0.194. The van der Waals surface area contributed by atoms with E-state index in [1.807, 2.05) is 0 Å². The number of rotatable bonds is 3. The third kappa shape index (κ3) is 2.54. The van der Waals surface area contributed by atoms with Gasteiger partial charge >= 0.3 is 0 Å². The zero-order valence-electron chi connectivity index (χ0n) is 13.2. The van der Waals surface area contributed by atoms with E-state index in [4.69, 9.17) is 5.73 Å². The van der Waals surface area contributed by atoms with Gasteiger partial charge in [0.2, 0.25) is 0 Å². The summed E-state index contributed by atoms with van der Waals surface area (Å²) < 4.78 is 0. The lowest BCUT2D eigenvalue weighted by molar-refractivity contribution is -1.02. The van der Waals surface area contributed by atoms with Crippen LogP contribution in [0.25, 0.3) is 11.1 Å². The fourth-order valence-electron chi connectivity index (χ4n) is 4.23. The average molecular weight is 309 g/mol. The SMILES string of the molecule is NC(=O)C[NH+]1CC[NH+](C2c3ccccc3-c3ccccc32)CC1. The van der Waals surface area contributed by atoms with Crippen molar-refractivity contribution in [3.63, 3.8) is 0 Å².